The third kappa shape index (κ3) is 38.9. The van der Waals surface area contributed by atoms with Gasteiger partial charge in [-0.2, -0.15) is 0 Å². The molecular formula is C47H83NO3. The Bertz CT molecular complexity index is 899. The fourth-order valence-electron chi connectivity index (χ4n) is 6.04. The summed E-state index contributed by atoms with van der Waals surface area (Å²) in [5, 5.41) is 23.0. The maximum absolute atomic E-state index is 12.4. The standard InChI is InChI=1S/C47H83NO3/c1-3-5-7-9-11-13-15-17-19-21-23-25-26-28-30-32-34-36-38-40-42-46(50)45(44-49)48-47(51)43-41-39-37-35-33-31-29-27-24-22-20-18-16-14-12-10-8-6-4-2/h12,14,18,20,24-27,32,34,40,42,45-46,49-50H,3-11,13,15-17,19,21-23,28-31,33,35-39,41,43-44H2,1-2H3,(H,48,51)/b14-12-,20-18-,26-25+,27-24-,34-32+,42-40+. The topological polar surface area (TPSA) is 69.6 Å². The van der Waals surface area contributed by atoms with Crippen molar-refractivity contribution in [3.05, 3.63) is 72.9 Å². The third-order valence-corrected chi connectivity index (χ3v) is 9.39. The van der Waals surface area contributed by atoms with Gasteiger partial charge < -0.3 is 15.5 Å². The molecule has 4 heteroatoms. The van der Waals surface area contributed by atoms with E-state index in [2.05, 4.69) is 79.9 Å². The molecule has 0 spiro atoms. The molecule has 2 atom stereocenters. The molecule has 0 aliphatic carbocycles. The number of aliphatic hydroxyl groups is 2. The second kappa shape index (κ2) is 42.2. The summed E-state index contributed by atoms with van der Waals surface area (Å²) >= 11 is 0. The van der Waals surface area contributed by atoms with Crippen LogP contribution in [-0.2, 0) is 4.79 Å². The molecule has 0 aromatic heterocycles. The van der Waals surface area contributed by atoms with Gasteiger partial charge in [-0.25, -0.2) is 0 Å². The predicted octanol–water partition coefficient (Wildman–Crippen LogP) is 13.5. The minimum atomic E-state index is -0.879. The number of hydrogen-bond acceptors (Lipinski definition) is 3. The van der Waals surface area contributed by atoms with Crippen LogP contribution in [0.2, 0.25) is 0 Å². The highest BCUT2D eigenvalue weighted by atomic mass is 16.3. The number of unbranched alkanes of at least 4 members (excludes halogenated alkanes) is 21. The van der Waals surface area contributed by atoms with Crippen molar-refractivity contribution in [1.82, 2.24) is 5.32 Å². The van der Waals surface area contributed by atoms with Crippen molar-refractivity contribution in [3.63, 3.8) is 0 Å². The van der Waals surface area contributed by atoms with Crippen LogP contribution >= 0.6 is 0 Å². The van der Waals surface area contributed by atoms with Gasteiger partial charge in [0.15, 0.2) is 0 Å². The fourth-order valence-corrected chi connectivity index (χ4v) is 6.04. The summed E-state index contributed by atoms with van der Waals surface area (Å²) in [6.45, 7) is 4.25. The lowest BCUT2D eigenvalue weighted by Gasteiger charge is -2.19. The lowest BCUT2D eigenvalue weighted by molar-refractivity contribution is -0.123. The Morgan fingerprint density at radius 2 is 0.824 bits per heavy atom. The Kier molecular flexibility index (Phi) is 40.4. The molecule has 0 aromatic rings. The quantitative estimate of drug-likeness (QED) is 0.0441. The molecule has 4 nitrogen and oxygen atoms in total. The van der Waals surface area contributed by atoms with E-state index in [0.29, 0.717) is 6.42 Å². The summed E-state index contributed by atoms with van der Waals surface area (Å²) in [5.74, 6) is -0.0934. The van der Waals surface area contributed by atoms with Crippen LogP contribution in [0.25, 0.3) is 0 Å². The van der Waals surface area contributed by atoms with Crippen LogP contribution < -0.4 is 5.32 Å². The molecule has 0 aromatic carbocycles. The van der Waals surface area contributed by atoms with Crippen molar-refractivity contribution in [1.29, 1.82) is 0 Å². The van der Waals surface area contributed by atoms with E-state index in [4.69, 9.17) is 0 Å². The first kappa shape index (κ1) is 48.8. The van der Waals surface area contributed by atoms with Gasteiger partial charge in [-0.3, -0.25) is 4.79 Å². The molecule has 3 N–H and O–H groups in total. The Balaban J connectivity index is 3.71. The summed E-state index contributed by atoms with van der Waals surface area (Å²) in [6.07, 6.45) is 60.0. The first-order valence-electron chi connectivity index (χ1n) is 21.7. The molecule has 1 amide bonds. The lowest BCUT2D eigenvalue weighted by Crippen LogP contribution is -2.45. The second-order valence-electron chi connectivity index (χ2n) is 14.4. The highest BCUT2D eigenvalue weighted by molar-refractivity contribution is 5.76. The Morgan fingerprint density at radius 3 is 1.31 bits per heavy atom. The maximum Gasteiger partial charge on any atom is 0.220 e. The van der Waals surface area contributed by atoms with Gasteiger partial charge in [0.1, 0.15) is 0 Å². The summed E-state index contributed by atoms with van der Waals surface area (Å²) in [4.78, 5) is 12.4. The van der Waals surface area contributed by atoms with E-state index in [-0.39, 0.29) is 12.5 Å². The van der Waals surface area contributed by atoms with Gasteiger partial charge in [-0.1, -0.05) is 183 Å². The minimum absolute atomic E-state index is 0.0934. The zero-order chi connectivity index (χ0) is 37.1. The zero-order valence-corrected chi connectivity index (χ0v) is 33.6. The SMILES string of the molecule is CCCCC/C=C\C/C=C\C/C=C\CCCCCCCCC(=O)NC(CO)C(O)/C=C/CC/C=C/CC/C=C/CCCCCCCCCCCC. The maximum atomic E-state index is 12.4. The predicted molar refractivity (Wildman–Crippen MR) is 225 cm³/mol. The largest absolute Gasteiger partial charge is 0.394 e. The van der Waals surface area contributed by atoms with Crippen molar-refractivity contribution in [2.24, 2.45) is 0 Å². The van der Waals surface area contributed by atoms with E-state index in [1.54, 1.807) is 6.08 Å². The second-order valence-corrected chi connectivity index (χ2v) is 14.4. The number of hydrogen-bond donors (Lipinski definition) is 3. The van der Waals surface area contributed by atoms with Gasteiger partial charge in [0.05, 0.1) is 18.8 Å². The number of rotatable bonds is 38. The zero-order valence-electron chi connectivity index (χ0n) is 33.6. The molecule has 51 heavy (non-hydrogen) atoms. The van der Waals surface area contributed by atoms with Crippen molar-refractivity contribution >= 4 is 5.91 Å². The molecule has 0 rings (SSSR count). The molecule has 0 bridgehead atoms. The smallest absolute Gasteiger partial charge is 0.220 e. The van der Waals surface area contributed by atoms with E-state index in [9.17, 15) is 15.0 Å². The van der Waals surface area contributed by atoms with E-state index < -0.39 is 12.1 Å². The van der Waals surface area contributed by atoms with Gasteiger partial charge >= 0.3 is 0 Å². The summed E-state index contributed by atoms with van der Waals surface area (Å²) < 4.78 is 0. The van der Waals surface area contributed by atoms with E-state index >= 15 is 0 Å². The lowest BCUT2D eigenvalue weighted by atomic mass is 10.1. The summed E-state index contributed by atoms with van der Waals surface area (Å²) in [7, 11) is 0. The average Bonchev–Trinajstić information content (AvgIpc) is 3.13. The van der Waals surface area contributed by atoms with E-state index in [0.717, 1.165) is 64.2 Å². The van der Waals surface area contributed by atoms with Crippen LogP contribution in [0.1, 0.15) is 200 Å². The highest BCUT2D eigenvalue weighted by Gasteiger charge is 2.17. The molecule has 0 saturated heterocycles. The monoisotopic (exact) mass is 710 g/mol. The van der Waals surface area contributed by atoms with Crippen LogP contribution in [0.3, 0.4) is 0 Å². The van der Waals surface area contributed by atoms with Crippen LogP contribution in [0, 0.1) is 0 Å². The van der Waals surface area contributed by atoms with Crippen LogP contribution in [0.4, 0.5) is 0 Å². The molecule has 294 valence electrons. The van der Waals surface area contributed by atoms with Crippen LogP contribution in [0.5, 0.6) is 0 Å². The molecular weight excluding hydrogens is 627 g/mol. The Labute approximate surface area is 317 Å². The number of allylic oxidation sites excluding steroid dienone is 11. The van der Waals surface area contributed by atoms with Crippen molar-refractivity contribution < 1.29 is 15.0 Å². The van der Waals surface area contributed by atoms with Gasteiger partial charge in [0.2, 0.25) is 5.91 Å². The summed E-state index contributed by atoms with van der Waals surface area (Å²) in [6, 6.07) is -0.655. The highest BCUT2D eigenvalue weighted by Crippen LogP contribution is 2.12. The van der Waals surface area contributed by atoms with Crippen LogP contribution in [-0.4, -0.2) is 34.9 Å². The molecule has 0 saturated carbocycles. The number of nitrogens with one attached hydrogen (secondary N) is 1. The fraction of sp³-hybridized carbons (Fsp3) is 0.723. The van der Waals surface area contributed by atoms with Gasteiger partial charge in [-0.05, 0) is 83.5 Å². The first-order valence-corrected chi connectivity index (χ1v) is 21.7. The van der Waals surface area contributed by atoms with Crippen molar-refractivity contribution in [3.8, 4) is 0 Å². The van der Waals surface area contributed by atoms with Crippen molar-refractivity contribution in [2.75, 3.05) is 6.61 Å². The van der Waals surface area contributed by atoms with Crippen LogP contribution in [0.15, 0.2) is 72.9 Å². The number of carbonyl (C=O) groups excluding carboxylic acids is 1. The van der Waals surface area contributed by atoms with Crippen molar-refractivity contribution in [2.45, 2.75) is 212 Å². The number of amides is 1. The molecule has 0 aliphatic rings. The van der Waals surface area contributed by atoms with E-state index in [1.807, 2.05) is 6.08 Å². The Morgan fingerprint density at radius 1 is 0.471 bits per heavy atom. The molecule has 0 heterocycles. The average molecular weight is 710 g/mol. The van der Waals surface area contributed by atoms with Gasteiger partial charge in [0.25, 0.3) is 0 Å². The molecule has 2 unspecified atom stereocenters. The summed E-state index contributed by atoms with van der Waals surface area (Å²) in [5.41, 5.74) is 0. The number of carbonyl (C=O) groups is 1. The van der Waals surface area contributed by atoms with Gasteiger partial charge in [-0.15, -0.1) is 0 Å². The molecule has 0 fully saturated rings. The van der Waals surface area contributed by atoms with Gasteiger partial charge in [0, 0.05) is 6.42 Å². The third-order valence-electron chi connectivity index (χ3n) is 9.39. The normalized spacial score (nSPS) is 13.7. The Hall–Kier alpha value is -2.17. The minimum Gasteiger partial charge on any atom is -0.394 e. The molecule has 0 aliphatic heterocycles. The molecule has 0 radical (unpaired) electrons. The number of aliphatic hydroxyl groups excluding tert-OH is 2. The first-order chi connectivity index (χ1) is 25.2. The van der Waals surface area contributed by atoms with E-state index in [1.165, 1.54) is 116 Å².